The Hall–Kier alpha value is -2.15. The Balaban J connectivity index is 2.21. The quantitative estimate of drug-likeness (QED) is 0.892. The van der Waals surface area contributed by atoms with Gasteiger partial charge >= 0.3 is 5.97 Å². The van der Waals surface area contributed by atoms with Gasteiger partial charge in [-0.3, -0.25) is 9.59 Å². The highest BCUT2D eigenvalue weighted by molar-refractivity contribution is 7.15. The van der Waals surface area contributed by atoms with Crippen molar-refractivity contribution in [1.82, 2.24) is 10.3 Å². The number of aryl methyl sites for hydroxylation is 1. The van der Waals surface area contributed by atoms with Crippen LogP contribution in [0, 0.1) is 6.92 Å². The Bertz CT molecular complexity index is 603. The monoisotopic (exact) mass is 280 g/mol. The lowest BCUT2D eigenvalue weighted by atomic mass is 10.3. The van der Waals surface area contributed by atoms with Crippen molar-refractivity contribution in [3.05, 3.63) is 29.0 Å². The lowest BCUT2D eigenvalue weighted by molar-refractivity contribution is -0.138. The summed E-state index contributed by atoms with van der Waals surface area (Å²) < 4.78 is 5.21. The first-order valence-electron chi connectivity index (χ1n) is 5.54. The van der Waals surface area contributed by atoms with E-state index in [0.29, 0.717) is 15.6 Å². The van der Waals surface area contributed by atoms with Crippen LogP contribution in [-0.2, 0) is 4.79 Å². The first kappa shape index (κ1) is 13.3. The maximum absolute atomic E-state index is 11.9. The molecule has 0 bridgehead atoms. The molecule has 100 valence electrons. The summed E-state index contributed by atoms with van der Waals surface area (Å²) in [6.45, 7) is 3.15. The number of hydrogen-bond acceptors (Lipinski definition) is 5. The molecule has 1 atom stereocenters. The van der Waals surface area contributed by atoms with E-state index in [0.717, 1.165) is 0 Å². The molecule has 0 aliphatic carbocycles. The number of thiazole rings is 1. The summed E-state index contributed by atoms with van der Waals surface area (Å²) >= 11 is 1.32. The molecule has 0 saturated carbocycles. The van der Waals surface area contributed by atoms with Gasteiger partial charge in [0, 0.05) is 4.88 Å². The van der Waals surface area contributed by atoms with Gasteiger partial charge in [0.2, 0.25) is 0 Å². The predicted octanol–water partition coefficient (Wildman–Crippen LogP) is 1.91. The van der Waals surface area contributed by atoms with E-state index in [1.165, 1.54) is 24.5 Å². The normalized spacial score (nSPS) is 12.1. The molecule has 0 fully saturated rings. The van der Waals surface area contributed by atoms with E-state index in [9.17, 15) is 9.59 Å². The van der Waals surface area contributed by atoms with Crippen LogP contribution < -0.4 is 5.32 Å². The molecule has 0 saturated heterocycles. The second-order valence-corrected chi connectivity index (χ2v) is 5.14. The maximum atomic E-state index is 11.9. The standard InChI is InChI=1S/C12H12N2O4S/c1-6(12(16)17)13-10(15)9-7(2)19-11(14-9)8-4-3-5-18-8/h3-6H,1-2H3,(H,13,15)(H,16,17). The van der Waals surface area contributed by atoms with Crippen LogP contribution in [0.25, 0.3) is 10.8 Å². The van der Waals surface area contributed by atoms with Crippen molar-refractivity contribution in [2.45, 2.75) is 19.9 Å². The maximum Gasteiger partial charge on any atom is 0.325 e. The van der Waals surface area contributed by atoms with Crippen LogP contribution in [0.15, 0.2) is 22.8 Å². The Morgan fingerprint density at radius 2 is 2.26 bits per heavy atom. The van der Waals surface area contributed by atoms with Crippen LogP contribution >= 0.6 is 11.3 Å². The van der Waals surface area contributed by atoms with E-state index in [4.69, 9.17) is 9.52 Å². The molecule has 2 N–H and O–H groups in total. The molecule has 6 nitrogen and oxygen atoms in total. The van der Waals surface area contributed by atoms with Gasteiger partial charge in [-0.1, -0.05) is 0 Å². The van der Waals surface area contributed by atoms with E-state index in [-0.39, 0.29) is 5.69 Å². The third-order valence-corrected chi connectivity index (χ3v) is 3.45. The largest absolute Gasteiger partial charge is 0.480 e. The van der Waals surface area contributed by atoms with Crippen molar-refractivity contribution in [3.8, 4) is 10.8 Å². The molecule has 1 unspecified atom stereocenters. The number of rotatable bonds is 4. The Morgan fingerprint density at radius 1 is 1.53 bits per heavy atom. The van der Waals surface area contributed by atoms with Gasteiger partial charge in [-0.05, 0) is 26.0 Å². The van der Waals surface area contributed by atoms with E-state index in [1.807, 2.05) is 0 Å². The molecule has 0 aromatic carbocycles. The van der Waals surface area contributed by atoms with Crippen LogP contribution in [0.5, 0.6) is 0 Å². The number of furan rings is 1. The number of nitrogens with zero attached hydrogens (tertiary/aromatic N) is 1. The van der Waals surface area contributed by atoms with Gasteiger partial charge in [0.15, 0.2) is 10.8 Å². The summed E-state index contributed by atoms with van der Waals surface area (Å²) in [5.74, 6) is -1.01. The first-order chi connectivity index (χ1) is 8.99. The summed E-state index contributed by atoms with van der Waals surface area (Å²) in [6.07, 6.45) is 1.53. The molecule has 0 aliphatic rings. The fourth-order valence-corrected chi connectivity index (χ4v) is 2.32. The summed E-state index contributed by atoms with van der Waals surface area (Å²) in [4.78, 5) is 27.5. The summed E-state index contributed by atoms with van der Waals surface area (Å²) in [6, 6.07) is 2.53. The highest BCUT2D eigenvalue weighted by Crippen LogP contribution is 2.27. The number of nitrogens with one attached hydrogen (secondary N) is 1. The fourth-order valence-electron chi connectivity index (χ4n) is 1.44. The zero-order valence-corrected chi connectivity index (χ0v) is 11.2. The number of hydrogen-bond donors (Lipinski definition) is 2. The van der Waals surface area contributed by atoms with Gasteiger partial charge < -0.3 is 14.8 Å². The van der Waals surface area contributed by atoms with Gasteiger partial charge in [-0.25, -0.2) is 4.98 Å². The Labute approximate surface area is 113 Å². The number of carboxylic acids is 1. The van der Waals surface area contributed by atoms with Crippen LogP contribution in [0.1, 0.15) is 22.3 Å². The molecule has 19 heavy (non-hydrogen) atoms. The van der Waals surface area contributed by atoms with Gasteiger partial charge in [0.25, 0.3) is 5.91 Å². The molecule has 0 radical (unpaired) electrons. The summed E-state index contributed by atoms with van der Waals surface area (Å²) in [7, 11) is 0. The van der Waals surface area contributed by atoms with Gasteiger partial charge in [-0.2, -0.15) is 0 Å². The number of amides is 1. The number of carbonyl (C=O) groups is 2. The van der Waals surface area contributed by atoms with Crippen LogP contribution in [0.2, 0.25) is 0 Å². The minimum Gasteiger partial charge on any atom is -0.480 e. The third kappa shape index (κ3) is 2.82. The minimum atomic E-state index is -1.09. The van der Waals surface area contributed by atoms with Crippen molar-refractivity contribution < 1.29 is 19.1 Å². The van der Waals surface area contributed by atoms with E-state index in [1.54, 1.807) is 19.1 Å². The molecule has 2 aromatic rings. The lowest BCUT2D eigenvalue weighted by Crippen LogP contribution is -2.38. The highest BCUT2D eigenvalue weighted by atomic mass is 32.1. The molecule has 1 amide bonds. The van der Waals surface area contributed by atoms with Gasteiger partial charge in [0.1, 0.15) is 11.7 Å². The first-order valence-corrected chi connectivity index (χ1v) is 6.35. The number of aromatic nitrogens is 1. The molecule has 7 heteroatoms. The zero-order chi connectivity index (χ0) is 14.0. The fraction of sp³-hybridized carbons (Fsp3) is 0.250. The minimum absolute atomic E-state index is 0.226. The Kier molecular flexibility index (Phi) is 3.66. The molecule has 2 aromatic heterocycles. The van der Waals surface area contributed by atoms with Crippen LogP contribution in [-0.4, -0.2) is 28.0 Å². The van der Waals surface area contributed by atoms with E-state index in [2.05, 4.69) is 10.3 Å². The summed E-state index contributed by atoms with van der Waals surface area (Å²) in [5, 5.41) is 11.7. The smallest absolute Gasteiger partial charge is 0.325 e. The molecular weight excluding hydrogens is 268 g/mol. The topological polar surface area (TPSA) is 92.4 Å². The van der Waals surface area contributed by atoms with Crippen molar-refractivity contribution in [1.29, 1.82) is 0 Å². The molecule has 0 aliphatic heterocycles. The van der Waals surface area contributed by atoms with E-state index < -0.39 is 17.9 Å². The molecule has 2 heterocycles. The van der Waals surface area contributed by atoms with Crippen LogP contribution in [0.3, 0.4) is 0 Å². The molecule has 0 spiro atoms. The highest BCUT2D eigenvalue weighted by Gasteiger charge is 2.21. The van der Waals surface area contributed by atoms with Crippen molar-refractivity contribution in [2.24, 2.45) is 0 Å². The number of aliphatic carboxylic acids is 1. The van der Waals surface area contributed by atoms with Crippen molar-refractivity contribution >= 4 is 23.2 Å². The number of carbonyl (C=O) groups excluding carboxylic acids is 1. The molecule has 2 rings (SSSR count). The second kappa shape index (κ2) is 5.23. The third-order valence-electron chi connectivity index (χ3n) is 2.46. The van der Waals surface area contributed by atoms with E-state index >= 15 is 0 Å². The SMILES string of the molecule is Cc1sc(-c2ccco2)nc1C(=O)NC(C)C(=O)O. The second-order valence-electron chi connectivity index (χ2n) is 3.93. The lowest BCUT2D eigenvalue weighted by Gasteiger charge is -2.07. The number of carboxylic acid groups (broad SMARTS) is 1. The van der Waals surface area contributed by atoms with Crippen molar-refractivity contribution in [3.63, 3.8) is 0 Å². The van der Waals surface area contributed by atoms with Crippen molar-refractivity contribution in [2.75, 3.05) is 0 Å². The van der Waals surface area contributed by atoms with Crippen LogP contribution in [0.4, 0.5) is 0 Å². The summed E-state index contributed by atoms with van der Waals surface area (Å²) in [5.41, 5.74) is 0.226. The average Bonchev–Trinajstić information content (AvgIpc) is 2.96. The van der Waals surface area contributed by atoms with Gasteiger partial charge in [-0.15, -0.1) is 11.3 Å². The zero-order valence-electron chi connectivity index (χ0n) is 10.3. The molecular formula is C12H12N2O4S. The van der Waals surface area contributed by atoms with Gasteiger partial charge in [0.05, 0.1) is 6.26 Å². The predicted molar refractivity (Wildman–Crippen MR) is 69.1 cm³/mol. The average molecular weight is 280 g/mol. The Morgan fingerprint density at radius 3 is 2.84 bits per heavy atom.